The Bertz CT molecular complexity index is 1320. The maximum absolute atomic E-state index is 10.5. The number of thiophene rings is 1. The van der Waals surface area contributed by atoms with Crippen molar-refractivity contribution in [2.24, 2.45) is 4.99 Å². The molecule has 0 bridgehead atoms. The lowest BCUT2D eigenvalue weighted by atomic mass is 9.99. The van der Waals surface area contributed by atoms with Gasteiger partial charge in [-0.25, -0.2) is 0 Å². The van der Waals surface area contributed by atoms with Crippen molar-refractivity contribution in [3.05, 3.63) is 74.8 Å². The van der Waals surface area contributed by atoms with E-state index >= 15 is 0 Å². The molecule has 3 heterocycles. The van der Waals surface area contributed by atoms with Gasteiger partial charge >= 0.3 is 0 Å². The van der Waals surface area contributed by atoms with Gasteiger partial charge in [-0.05, 0) is 56.0 Å². The molecule has 178 valence electrons. The molecule has 0 fully saturated rings. The van der Waals surface area contributed by atoms with Crippen molar-refractivity contribution >= 4 is 51.6 Å². The zero-order valence-corrected chi connectivity index (χ0v) is 21.2. The summed E-state index contributed by atoms with van der Waals surface area (Å²) in [6.45, 7) is 3.89. The van der Waals surface area contributed by atoms with Crippen molar-refractivity contribution in [1.82, 2.24) is 5.32 Å². The SMILES string of the molecule is CC(=N)N1C(=N)CN=C(c2ccc(Cl)cc2)c2c1sc(C#CC1C=CC(CCCC=O)=CN1)c2C. The quantitative estimate of drug-likeness (QED) is 0.166. The Balaban J connectivity index is 1.67. The Labute approximate surface area is 214 Å². The Morgan fingerprint density at radius 1 is 1.37 bits per heavy atom. The highest BCUT2D eigenvalue weighted by atomic mass is 35.5. The molecule has 4 rings (SSSR count). The number of hydrogen-bond donors (Lipinski definition) is 3. The fourth-order valence-corrected chi connectivity index (χ4v) is 5.35. The summed E-state index contributed by atoms with van der Waals surface area (Å²) in [5.41, 5.74) is 4.74. The number of nitrogens with zero attached hydrogens (tertiary/aromatic N) is 2. The number of halogens is 1. The topological polar surface area (TPSA) is 92.4 Å². The van der Waals surface area contributed by atoms with Crippen LogP contribution in [0.1, 0.15) is 47.8 Å². The van der Waals surface area contributed by atoms with E-state index in [0.717, 1.165) is 57.0 Å². The summed E-state index contributed by atoms with van der Waals surface area (Å²) < 4.78 is 0. The number of rotatable bonds is 5. The smallest absolute Gasteiger partial charge is 0.129 e. The molecule has 2 aliphatic heterocycles. The first-order valence-electron chi connectivity index (χ1n) is 11.3. The predicted octanol–water partition coefficient (Wildman–Crippen LogP) is 5.47. The monoisotopic (exact) mass is 503 g/mol. The molecule has 0 radical (unpaired) electrons. The molecule has 1 atom stereocenters. The van der Waals surface area contributed by atoms with Gasteiger partial charge in [0.1, 0.15) is 29.0 Å². The molecule has 0 saturated carbocycles. The first-order valence-corrected chi connectivity index (χ1v) is 12.5. The van der Waals surface area contributed by atoms with Crippen LogP contribution in [0.25, 0.3) is 0 Å². The van der Waals surface area contributed by atoms with Crippen LogP contribution in [0.4, 0.5) is 5.00 Å². The zero-order chi connectivity index (χ0) is 24.9. The number of carbonyl (C=O) groups is 1. The molecule has 0 aliphatic carbocycles. The van der Waals surface area contributed by atoms with Crippen LogP contribution < -0.4 is 10.2 Å². The fraction of sp³-hybridized carbons (Fsp3) is 0.259. The van der Waals surface area contributed by atoms with Crippen molar-refractivity contribution in [2.45, 2.75) is 39.2 Å². The second-order valence-corrected chi connectivity index (χ2v) is 9.76. The third-order valence-corrected chi connectivity index (χ3v) is 7.20. The molecule has 3 N–H and O–H groups in total. The van der Waals surface area contributed by atoms with Gasteiger partial charge < -0.3 is 10.1 Å². The fourth-order valence-electron chi connectivity index (χ4n) is 3.98. The van der Waals surface area contributed by atoms with Gasteiger partial charge in [-0.2, -0.15) is 0 Å². The van der Waals surface area contributed by atoms with E-state index in [4.69, 9.17) is 27.4 Å². The molecule has 8 heteroatoms. The minimum Gasteiger partial charge on any atom is -0.374 e. The molecule has 1 unspecified atom stereocenters. The van der Waals surface area contributed by atoms with E-state index in [1.54, 1.807) is 11.8 Å². The molecule has 6 nitrogen and oxygen atoms in total. The van der Waals surface area contributed by atoms with E-state index in [1.165, 1.54) is 11.3 Å². The van der Waals surface area contributed by atoms with E-state index in [1.807, 2.05) is 43.5 Å². The van der Waals surface area contributed by atoms with Gasteiger partial charge in [-0.15, -0.1) is 11.3 Å². The van der Waals surface area contributed by atoms with E-state index in [-0.39, 0.29) is 24.3 Å². The average Bonchev–Trinajstić information content (AvgIpc) is 3.06. The molecular formula is C27H26ClN5OS. The number of anilines is 1. The van der Waals surface area contributed by atoms with Crippen molar-refractivity contribution in [3.8, 4) is 11.8 Å². The van der Waals surface area contributed by atoms with Gasteiger partial charge in [0.15, 0.2) is 0 Å². The standard InChI is InChI=1S/C27H26ClN5OS/c1-17-23(13-12-22-11-6-19(15-31-22)5-3-4-14-34)35-27-25(17)26(20-7-9-21(28)10-8-20)32-16-24(30)33(27)18(2)29/h6-11,14-15,22,29-31H,3-5,16H2,1-2H3. The van der Waals surface area contributed by atoms with E-state index in [9.17, 15) is 4.79 Å². The summed E-state index contributed by atoms with van der Waals surface area (Å²) in [6, 6.07) is 7.41. The number of dihydropyridines is 1. The van der Waals surface area contributed by atoms with Crippen LogP contribution in [0.3, 0.4) is 0 Å². The minimum absolute atomic E-state index is 0.116. The lowest BCUT2D eigenvalue weighted by Gasteiger charge is -2.20. The molecule has 0 amide bonds. The van der Waals surface area contributed by atoms with Gasteiger partial charge in [0.25, 0.3) is 0 Å². The number of nitrogens with one attached hydrogen (secondary N) is 3. The maximum atomic E-state index is 10.5. The number of unbranched alkanes of at least 4 members (excludes halogenated alkanes) is 1. The largest absolute Gasteiger partial charge is 0.374 e. The van der Waals surface area contributed by atoms with Gasteiger partial charge in [0.2, 0.25) is 0 Å². The van der Waals surface area contributed by atoms with Gasteiger partial charge in [0.05, 0.1) is 17.1 Å². The van der Waals surface area contributed by atoms with E-state index in [0.29, 0.717) is 11.4 Å². The second kappa shape index (κ2) is 10.9. The summed E-state index contributed by atoms with van der Waals surface area (Å²) in [4.78, 5) is 17.8. The highest BCUT2D eigenvalue weighted by Crippen LogP contribution is 2.39. The third kappa shape index (κ3) is 5.45. The van der Waals surface area contributed by atoms with Crippen molar-refractivity contribution in [2.75, 3.05) is 11.4 Å². The zero-order valence-electron chi connectivity index (χ0n) is 19.6. The molecule has 35 heavy (non-hydrogen) atoms. The summed E-state index contributed by atoms with van der Waals surface area (Å²) in [5.74, 6) is 7.13. The van der Waals surface area contributed by atoms with E-state index in [2.05, 4.69) is 23.2 Å². The highest BCUT2D eigenvalue weighted by Gasteiger charge is 2.29. The van der Waals surface area contributed by atoms with Crippen LogP contribution in [0.5, 0.6) is 0 Å². The molecular weight excluding hydrogens is 478 g/mol. The lowest BCUT2D eigenvalue weighted by molar-refractivity contribution is -0.107. The summed E-state index contributed by atoms with van der Waals surface area (Å²) in [7, 11) is 0. The number of aldehydes is 1. The predicted molar refractivity (Wildman–Crippen MR) is 146 cm³/mol. The number of aliphatic imine (C=N–C) groups is 1. The first kappa shape index (κ1) is 24.6. The van der Waals surface area contributed by atoms with Crippen LogP contribution in [0.2, 0.25) is 5.02 Å². The second-order valence-electron chi connectivity index (χ2n) is 8.33. The molecule has 2 aromatic rings. The highest BCUT2D eigenvalue weighted by molar-refractivity contribution is 7.17. The Morgan fingerprint density at radius 3 is 2.80 bits per heavy atom. The maximum Gasteiger partial charge on any atom is 0.129 e. The van der Waals surface area contributed by atoms with Crippen LogP contribution in [-0.4, -0.2) is 36.3 Å². The molecule has 0 saturated heterocycles. The van der Waals surface area contributed by atoms with Gasteiger partial charge in [0, 0.05) is 28.8 Å². The normalized spacial score (nSPS) is 16.8. The summed E-state index contributed by atoms with van der Waals surface area (Å²) in [5, 5.41) is 21.6. The van der Waals surface area contributed by atoms with Gasteiger partial charge in [-0.3, -0.25) is 20.7 Å². The third-order valence-electron chi connectivity index (χ3n) is 5.76. The number of benzene rings is 1. The summed E-state index contributed by atoms with van der Waals surface area (Å²) >= 11 is 7.59. The van der Waals surface area contributed by atoms with Crippen molar-refractivity contribution < 1.29 is 4.79 Å². The number of amidine groups is 2. The Kier molecular flexibility index (Phi) is 7.64. The summed E-state index contributed by atoms with van der Waals surface area (Å²) in [6.07, 6.45) is 9.27. The van der Waals surface area contributed by atoms with Crippen molar-refractivity contribution in [1.29, 1.82) is 10.8 Å². The van der Waals surface area contributed by atoms with Gasteiger partial charge in [-0.1, -0.05) is 41.7 Å². The van der Waals surface area contributed by atoms with Crippen LogP contribution >= 0.6 is 22.9 Å². The molecule has 1 aromatic heterocycles. The van der Waals surface area contributed by atoms with Crippen LogP contribution in [-0.2, 0) is 4.79 Å². The molecule has 0 spiro atoms. The minimum atomic E-state index is -0.116. The lowest BCUT2D eigenvalue weighted by Crippen LogP contribution is -2.35. The number of fused-ring (bicyclic) bond motifs is 1. The van der Waals surface area contributed by atoms with Crippen LogP contribution in [0.15, 0.2) is 53.2 Å². The number of hydrogen-bond acceptors (Lipinski definition) is 6. The number of carbonyl (C=O) groups excluding carboxylic acids is 1. The van der Waals surface area contributed by atoms with Crippen LogP contribution in [0, 0.1) is 29.6 Å². The first-order chi connectivity index (χ1) is 16.9. The molecule has 1 aromatic carbocycles. The Morgan fingerprint density at radius 2 is 2.14 bits per heavy atom. The Hall–Kier alpha value is -3.47. The van der Waals surface area contributed by atoms with E-state index < -0.39 is 0 Å². The molecule has 2 aliphatic rings. The van der Waals surface area contributed by atoms with Crippen molar-refractivity contribution in [3.63, 3.8) is 0 Å². The average molecular weight is 504 g/mol. The number of allylic oxidation sites excluding steroid dienone is 2.